The van der Waals surface area contributed by atoms with Crippen LogP contribution in [0.5, 0.6) is 11.5 Å². The number of aryl methyl sites for hydroxylation is 2. The molecule has 0 spiro atoms. The van der Waals surface area contributed by atoms with Crippen LogP contribution in [0.15, 0.2) is 41.4 Å². The molecule has 0 saturated carbocycles. The van der Waals surface area contributed by atoms with Gasteiger partial charge in [0, 0.05) is 33.1 Å². The average molecular weight is 471 g/mol. The number of hydrogen-bond acceptors (Lipinski definition) is 6. The quantitative estimate of drug-likeness (QED) is 0.334. The van der Waals surface area contributed by atoms with E-state index in [0.717, 1.165) is 40.9 Å². The molecule has 0 radical (unpaired) electrons. The van der Waals surface area contributed by atoms with Crippen molar-refractivity contribution in [3.63, 3.8) is 0 Å². The summed E-state index contributed by atoms with van der Waals surface area (Å²) in [5, 5.41) is 0. The number of fused-ring (bicyclic) bond motifs is 1. The summed E-state index contributed by atoms with van der Waals surface area (Å²) >= 11 is 0.922. The third kappa shape index (κ3) is 5.98. The fourth-order valence-electron chi connectivity index (χ4n) is 3.45. The first kappa shape index (κ1) is 24.4. The van der Waals surface area contributed by atoms with E-state index >= 15 is 0 Å². The van der Waals surface area contributed by atoms with Crippen molar-refractivity contribution < 1.29 is 19.1 Å². The van der Waals surface area contributed by atoms with Gasteiger partial charge < -0.3 is 9.47 Å². The first-order valence-electron chi connectivity index (χ1n) is 10.5. The zero-order valence-corrected chi connectivity index (χ0v) is 20.9. The Bertz CT molecular complexity index is 1090. The molecule has 1 aliphatic rings. The van der Waals surface area contributed by atoms with Crippen LogP contribution in [0, 0.1) is 13.8 Å². The van der Waals surface area contributed by atoms with Gasteiger partial charge in [0.15, 0.2) is 11.5 Å². The molecule has 0 atom stereocenters. The minimum Gasteiger partial charge on any atom is -0.483 e. The second kappa shape index (κ2) is 9.74. The zero-order valence-electron chi connectivity index (χ0n) is 20.1. The molecule has 0 unspecified atom stereocenters. The molecule has 8 nitrogen and oxygen atoms in total. The van der Waals surface area contributed by atoms with Gasteiger partial charge >= 0.3 is 12.1 Å². The fourth-order valence-corrected chi connectivity index (χ4v) is 4.12. The van der Waals surface area contributed by atoms with Crippen LogP contribution in [-0.4, -0.2) is 58.7 Å². The standard InChI is InChI=1S/C24H30N4O4S/c1-16-11-12-19(17(2)13-16)25-15-26(5)22(29)27(6)33-28(7)23(30)31-20-10-8-9-18-14-24(3,4)32-21(18)20/h8-13,15H,14H2,1-7H3. The van der Waals surface area contributed by atoms with Crippen molar-refractivity contribution in [1.82, 2.24) is 13.5 Å². The Labute approximate surface area is 199 Å². The second-order valence-corrected chi connectivity index (χ2v) is 9.91. The van der Waals surface area contributed by atoms with Crippen molar-refractivity contribution in [2.45, 2.75) is 39.7 Å². The molecular weight excluding hydrogens is 440 g/mol. The topological polar surface area (TPSA) is 74.7 Å². The van der Waals surface area contributed by atoms with E-state index in [4.69, 9.17) is 9.47 Å². The third-order valence-corrected chi connectivity index (χ3v) is 5.84. The molecule has 0 aromatic heterocycles. The Morgan fingerprint density at radius 2 is 1.85 bits per heavy atom. The van der Waals surface area contributed by atoms with Gasteiger partial charge in [0.25, 0.3) is 0 Å². The third-order valence-electron chi connectivity index (χ3n) is 5.05. The van der Waals surface area contributed by atoms with E-state index in [2.05, 4.69) is 4.99 Å². The first-order valence-corrected chi connectivity index (χ1v) is 11.3. The van der Waals surface area contributed by atoms with Crippen LogP contribution >= 0.6 is 12.1 Å². The summed E-state index contributed by atoms with van der Waals surface area (Å²) in [5.74, 6) is 0.947. The number of carbonyl (C=O) groups is 2. The number of rotatable bonds is 5. The van der Waals surface area contributed by atoms with Crippen LogP contribution < -0.4 is 9.47 Å². The molecule has 0 aliphatic carbocycles. The summed E-state index contributed by atoms with van der Waals surface area (Å²) in [7, 11) is 4.72. The average Bonchev–Trinajstić information content (AvgIpc) is 3.07. The largest absolute Gasteiger partial charge is 0.483 e. The second-order valence-electron chi connectivity index (χ2n) is 8.66. The smallest absolute Gasteiger partial charge is 0.426 e. The molecule has 33 heavy (non-hydrogen) atoms. The number of amides is 3. The Morgan fingerprint density at radius 1 is 1.12 bits per heavy atom. The highest BCUT2D eigenvalue weighted by molar-refractivity contribution is 7.95. The van der Waals surface area contributed by atoms with E-state index in [1.165, 1.54) is 26.9 Å². The van der Waals surface area contributed by atoms with E-state index < -0.39 is 6.09 Å². The molecule has 3 rings (SSSR count). The molecule has 3 amide bonds. The maximum atomic E-state index is 12.7. The number of ether oxygens (including phenoxy) is 2. The molecule has 9 heteroatoms. The van der Waals surface area contributed by atoms with Gasteiger partial charge in [-0.2, -0.15) is 0 Å². The Balaban J connectivity index is 1.58. The Hall–Kier alpha value is -3.20. The van der Waals surface area contributed by atoms with Gasteiger partial charge in [0.2, 0.25) is 0 Å². The van der Waals surface area contributed by atoms with Crippen molar-refractivity contribution in [2.75, 3.05) is 21.1 Å². The Morgan fingerprint density at radius 3 is 2.55 bits per heavy atom. The van der Waals surface area contributed by atoms with Gasteiger partial charge in [-0.25, -0.2) is 18.9 Å². The summed E-state index contributed by atoms with van der Waals surface area (Å²) in [5.41, 5.74) is 3.62. The molecule has 0 N–H and O–H groups in total. The summed E-state index contributed by atoms with van der Waals surface area (Å²) in [6.45, 7) is 7.96. The first-order chi connectivity index (χ1) is 15.5. The highest BCUT2D eigenvalue weighted by Crippen LogP contribution is 2.42. The maximum absolute atomic E-state index is 12.7. The van der Waals surface area contributed by atoms with Crippen LogP contribution in [-0.2, 0) is 6.42 Å². The number of hydrogen-bond donors (Lipinski definition) is 0. The van der Waals surface area contributed by atoms with Crippen LogP contribution in [0.4, 0.5) is 15.3 Å². The normalized spacial score (nSPS) is 13.9. The summed E-state index contributed by atoms with van der Waals surface area (Å²) in [6, 6.07) is 11.1. The fraction of sp³-hybridized carbons (Fsp3) is 0.375. The minimum atomic E-state index is -0.618. The van der Waals surface area contributed by atoms with Gasteiger partial charge in [-0.15, -0.1) is 0 Å². The van der Waals surface area contributed by atoms with Gasteiger partial charge in [-0.1, -0.05) is 29.8 Å². The molecule has 2 aromatic rings. The zero-order chi connectivity index (χ0) is 24.3. The van der Waals surface area contributed by atoms with Crippen molar-refractivity contribution in [1.29, 1.82) is 0 Å². The predicted octanol–water partition coefficient (Wildman–Crippen LogP) is 5.35. The van der Waals surface area contributed by atoms with Gasteiger partial charge in [0.1, 0.15) is 5.60 Å². The number of nitrogens with zero attached hydrogens (tertiary/aromatic N) is 4. The highest BCUT2D eigenvalue weighted by Gasteiger charge is 2.33. The van der Waals surface area contributed by atoms with Crippen molar-refractivity contribution in [3.8, 4) is 11.5 Å². The lowest BCUT2D eigenvalue weighted by molar-refractivity contribution is 0.131. The lowest BCUT2D eigenvalue weighted by Gasteiger charge is -2.24. The highest BCUT2D eigenvalue weighted by atomic mass is 32.2. The summed E-state index contributed by atoms with van der Waals surface area (Å²) in [4.78, 5) is 31.1. The number of benzene rings is 2. The minimum absolute atomic E-state index is 0.346. The summed E-state index contributed by atoms with van der Waals surface area (Å²) < 4.78 is 14.1. The van der Waals surface area contributed by atoms with Crippen molar-refractivity contribution in [2.24, 2.45) is 4.99 Å². The van der Waals surface area contributed by atoms with E-state index in [1.54, 1.807) is 20.2 Å². The van der Waals surface area contributed by atoms with Crippen LogP contribution in [0.25, 0.3) is 0 Å². The molecule has 1 heterocycles. The lowest BCUT2D eigenvalue weighted by Crippen LogP contribution is -2.37. The molecule has 0 saturated heterocycles. The SMILES string of the molecule is Cc1ccc(N=CN(C)C(=O)N(C)SN(C)C(=O)Oc2cccc3c2OC(C)(C)C3)c(C)c1. The van der Waals surface area contributed by atoms with E-state index in [9.17, 15) is 9.59 Å². The monoisotopic (exact) mass is 470 g/mol. The van der Waals surface area contributed by atoms with Gasteiger partial charge in [-0.3, -0.25) is 9.21 Å². The van der Waals surface area contributed by atoms with Gasteiger partial charge in [-0.05, 0) is 45.4 Å². The number of aliphatic imine (C=N–C) groups is 1. The van der Waals surface area contributed by atoms with Gasteiger partial charge in [0.05, 0.1) is 24.2 Å². The lowest BCUT2D eigenvalue weighted by atomic mass is 10.0. The van der Waals surface area contributed by atoms with E-state index in [-0.39, 0.29) is 11.6 Å². The molecule has 2 aromatic carbocycles. The molecular formula is C24H30N4O4S. The molecule has 0 fully saturated rings. The van der Waals surface area contributed by atoms with Crippen molar-refractivity contribution >= 4 is 36.3 Å². The number of para-hydroxylation sites is 1. The van der Waals surface area contributed by atoms with E-state index in [0.29, 0.717) is 11.5 Å². The summed E-state index contributed by atoms with van der Waals surface area (Å²) in [6.07, 6.45) is 1.58. The number of carbonyl (C=O) groups excluding carboxylic acids is 2. The van der Waals surface area contributed by atoms with Crippen LogP contribution in [0.2, 0.25) is 0 Å². The number of urea groups is 1. The van der Waals surface area contributed by atoms with Crippen LogP contribution in [0.1, 0.15) is 30.5 Å². The molecule has 1 aliphatic heterocycles. The van der Waals surface area contributed by atoms with Crippen LogP contribution in [0.3, 0.4) is 0 Å². The van der Waals surface area contributed by atoms with E-state index in [1.807, 2.05) is 58.0 Å². The van der Waals surface area contributed by atoms with Crippen molar-refractivity contribution in [3.05, 3.63) is 53.1 Å². The Kier molecular flexibility index (Phi) is 7.22. The molecule has 0 bridgehead atoms. The maximum Gasteiger partial charge on any atom is 0.426 e. The molecule has 176 valence electrons. The predicted molar refractivity (Wildman–Crippen MR) is 131 cm³/mol.